The predicted molar refractivity (Wildman–Crippen MR) is 41.6 cm³/mol. The first-order valence-electron chi connectivity index (χ1n) is 2.99. The molecule has 0 radical (unpaired) electrons. The maximum absolute atomic E-state index is 12.1. The first-order chi connectivity index (χ1) is 5.65. The zero-order valence-corrected chi connectivity index (χ0v) is 7.35. The minimum Gasteiger partial charge on any atom is -0.253 e. The maximum Gasteiger partial charge on any atom is 0.281 e. The summed E-state index contributed by atoms with van der Waals surface area (Å²) >= 11 is 2.89. The molecule has 0 aromatic carbocycles. The lowest BCUT2D eigenvalue weighted by Gasteiger charge is -2.00. The van der Waals surface area contributed by atoms with Gasteiger partial charge in [-0.2, -0.15) is 5.26 Å². The Morgan fingerprint density at radius 1 is 1.58 bits per heavy atom. The molecule has 0 atom stereocenters. The van der Waals surface area contributed by atoms with Crippen molar-refractivity contribution in [1.29, 1.82) is 5.26 Å². The summed E-state index contributed by atoms with van der Waals surface area (Å²) in [5.74, 6) is 0. The van der Waals surface area contributed by atoms with E-state index in [4.69, 9.17) is 5.26 Å². The van der Waals surface area contributed by atoms with Gasteiger partial charge in [0.25, 0.3) is 6.43 Å². The zero-order valence-electron chi connectivity index (χ0n) is 5.76. The lowest BCUT2D eigenvalue weighted by atomic mass is 10.3. The Morgan fingerprint density at radius 2 is 2.25 bits per heavy atom. The summed E-state index contributed by atoms with van der Waals surface area (Å²) in [6, 6.07) is 3.11. The van der Waals surface area contributed by atoms with Crippen molar-refractivity contribution in [2.75, 3.05) is 0 Å². The molecule has 1 aromatic heterocycles. The summed E-state index contributed by atoms with van der Waals surface area (Å²) in [6.07, 6.45) is -1.50. The second-order valence-electron chi connectivity index (χ2n) is 2.00. The molecule has 0 fully saturated rings. The highest BCUT2D eigenvalue weighted by Gasteiger charge is 2.13. The molecule has 0 saturated heterocycles. The van der Waals surface area contributed by atoms with Crippen molar-refractivity contribution in [1.82, 2.24) is 4.98 Å². The van der Waals surface area contributed by atoms with E-state index >= 15 is 0 Å². The van der Waals surface area contributed by atoms with Crippen molar-refractivity contribution in [3.8, 4) is 6.07 Å². The van der Waals surface area contributed by atoms with E-state index in [-0.39, 0.29) is 15.7 Å². The second kappa shape index (κ2) is 3.59. The predicted octanol–water partition coefficient (Wildman–Crippen LogP) is 2.65. The number of hydrogen-bond acceptors (Lipinski definition) is 2. The van der Waals surface area contributed by atoms with Crippen LogP contribution >= 0.6 is 15.9 Å². The SMILES string of the molecule is N#Cc1cnc(C(F)F)c(Br)c1. The summed E-state index contributed by atoms with van der Waals surface area (Å²) in [7, 11) is 0. The molecule has 0 aliphatic carbocycles. The van der Waals surface area contributed by atoms with E-state index in [0.717, 1.165) is 6.20 Å². The summed E-state index contributed by atoms with van der Waals surface area (Å²) in [4.78, 5) is 3.43. The molecule has 62 valence electrons. The summed E-state index contributed by atoms with van der Waals surface area (Å²) in [5.41, 5.74) is -0.0831. The van der Waals surface area contributed by atoms with Crippen LogP contribution in [0, 0.1) is 11.3 Å². The van der Waals surface area contributed by atoms with Gasteiger partial charge in [-0.15, -0.1) is 0 Å². The van der Waals surface area contributed by atoms with E-state index in [1.165, 1.54) is 6.07 Å². The second-order valence-corrected chi connectivity index (χ2v) is 2.86. The third-order valence-corrected chi connectivity index (χ3v) is 1.84. The van der Waals surface area contributed by atoms with E-state index in [1.807, 2.05) is 0 Å². The third-order valence-electron chi connectivity index (χ3n) is 1.21. The van der Waals surface area contributed by atoms with Gasteiger partial charge in [0.05, 0.1) is 5.56 Å². The highest BCUT2D eigenvalue weighted by Crippen LogP contribution is 2.25. The van der Waals surface area contributed by atoms with E-state index in [1.54, 1.807) is 6.07 Å². The van der Waals surface area contributed by atoms with E-state index < -0.39 is 6.43 Å². The molecule has 0 spiro atoms. The number of nitrogens with zero attached hydrogens (tertiary/aromatic N) is 2. The Bertz CT molecular complexity index is 333. The number of nitriles is 1. The van der Waals surface area contributed by atoms with Crippen LogP contribution in [-0.2, 0) is 0 Å². The molecule has 1 aromatic rings. The molecule has 0 aliphatic heterocycles. The summed E-state index contributed by atoms with van der Waals surface area (Å²) in [5, 5.41) is 8.39. The van der Waals surface area contributed by atoms with Gasteiger partial charge in [0.15, 0.2) is 0 Å². The lowest BCUT2D eigenvalue weighted by molar-refractivity contribution is 0.145. The molecule has 0 unspecified atom stereocenters. The largest absolute Gasteiger partial charge is 0.281 e. The zero-order chi connectivity index (χ0) is 9.14. The van der Waals surface area contributed by atoms with Gasteiger partial charge >= 0.3 is 0 Å². The number of alkyl halides is 2. The topological polar surface area (TPSA) is 36.7 Å². The molecule has 0 bridgehead atoms. The average molecular weight is 233 g/mol. The Balaban J connectivity index is 3.14. The smallest absolute Gasteiger partial charge is 0.253 e. The van der Waals surface area contributed by atoms with E-state index in [9.17, 15) is 8.78 Å². The van der Waals surface area contributed by atoms with Gasteiger partial charge in [-0.1, -0.05) is 0 Å². The molecular weight excluding hydrogens is 230 g/mol. The van der Waals surface area contributed by atoms with Gasteiger partial charge in [0.1, 0.15) is 11.8 Å². The van der Waals surface area contributed by atoms with Crippen LogP contribution < -0.4 is 0 Å². The summed E-state index contributed by atoms with van der Waals surface area (Å²) < 4.78 is 24.3. The van der Waals surface area contributed by atoms with Gasteiger partial charge < -0.3 is 0 Å². The number of hydrogen-bond donors (Lipinski definition) is 0. The third kappa shape index (κ3) is 1.77. The number of halogens is 3. The molecule has 0 amide bonds. The maximum atomic E-state index is 12.1. The van der Waals surface area contributed by atoms with Crippen molar-refractivity contribution in [3.63, 3.8) is 0 Å². The van der Waals surface area contributed by atoms with Gasteiger partial charge in [-0.25, -0.2) is 8.78 Å². The highest BCUT2D eigenvalue weighted by molar-refractivity contribution is 9.10. The van der Waals surface area contributed by atoms with Crippen LogP contribution in [0.2, 0.25) is 0 Å². The van der Waals surface area contributed by atoms with Crippen LogP contribution in [0.25, 0.3) is 0 Å². The molecule has 0 saturated carbocycles. The van der Waals surface area contributed by atoms with Crippen molar-refractivity contribution in [2.45, 2.75) is 6.43 Å². The van der Waals surface area contributed by atoms with Crippen molar-refractivity contribution >= 4 is 15.9 Å². The Morgan fingerprint density at radius 3 is 2.67 bits per heavy atom. The fourth-order valence-corrected chi connectivity index (χ4v) is 1.19. The molecule has 1 rings (SSSR count). The quantitative estimate of drug-likeness (QED) is 0.747. The van der Waals surface area contributed by atoms with Gasteiger partial charge in [-0.3, -0.25) is 4.98 Å². The van der Waals surface area contributed by atoms with Crippen LogP contribution in [0.1, 0.15) is 17.7 Å². The highest BCUT2D eigenvalue weighted by atomic mass is 79.9. The standard InChI is InChI=1S/C7H3BrF2N2/c8-5-1-4(2-11)3-12-6(5)7(9)10/h1,3,7H. The van der Waals surface area contributed by atoms with Crippen molar-refractivity contribution in [2.24, 2.45) is 0 Å². The average Bonchev–Trinajstić information content (AvgIpc) is 2.03. The van der Waals surface area contributed by atoms with Gasteiger partial charge in [-0.05, 0) is 22.0 Å². The molecule has 0 aliphatic rings. The first-order valence-corrected chi connectivity index (χ1v) is 3.78. The summed E-state index contributed by atoms with van der Waals surface area (Å²) in [6.45, 7) is 0. The lowest BCUT2D eigenvalue weighted by Crippen LogP contribution is -1.92. The fourth-order valence-electron chi connectivity index (χ4n) is 0.670. The normalized spacial score (nSPS) is 9.92. The Kier molecular flexibility index (Phi) is 2.71. The molecule has 12 heavy (non-hydrogen) atoms. The molecule has 0 N–H and O–H groups in total. The Hall–Kier alpha value is -1.02. The minimum atomic E-state index is -2.62. The molecule has 1 heterocycles. The van der Waals surface area contributed by atoms with Crippen LogP contribution in [0.5, 0.6) is 0 Å². The van der Waals surface area contributed by atoms with Crippen molar-refractivity contribution in [3.05, 3.63) is 28.0 Å². The van der Waals surface area contributed by atoms with Gasteiger partial charge in [0, 0.05) is 10.7 Å². The van der Waals surface area contributed by atoms with Crippen LogP contribution in [-0.4, -0.2) is 4.98 Å². The fraction of sp³-hybridized carbons (Fsp3) is 0.143. The van der Waals surface area contributed by atoms with Gasteiger partial charge in [0.2, 0.25) is 0 Å². The number of pyridine rings is 1. The number of aromatic nitrogens is 1. The van der Waals surface area contributed by atoms with Crippen LogP contribution in [0.3, 0.4) is 0 Å². The van der Waals surface area contributed by atoms with Crippen molar-refractivity contribution < 1.29 is 8.78 Å². The monoisotopic (exact) mass is 232 g/mol. The number of rotatable bonds is 1. The minimum absolute atomic E-state index is 0.163. The molecule has 5 heteroatoms. The Labute approximate surface area is 76.0 Å². The van der Waals surface area contributed by atoms with E-state index in [0.29, 0.717) is 0 Å². The van der Waals surface area contributed by atoms with Crippen LogP contribution in [0.15, 0.2) is 16.7 Å². The van der Waals surface area contributed by atoms with E-state index in [2.05, 4.69) is 20.9 Å². The molecule has 2 nitrogen and oxygen atoms in total. The van der Waals surface area contributed by atoms with Crippen LogP contribution in [0.4, 0.5) is 8.78 Å². The molecular formula is C7H3BrF2N2. The first kappa shape index (κ1) is 9.07.